The average molecular weight is 484 g/mol. The lowest BCUT2D eigenvalue weighted by atomic mass is 9.72. The van der Waals surface area contributed by atoms with Gasteiger partial charge in [0.25, 0.3) is 0 Å². The van der Waals surface area contributed by atoms with Crippen LogP contribution in [0.1, 0.15) is 30.4 Å². The molecule has 2 aromatic rings. The van der Waals surface area contributed by atoms with E-state index in [2.05, 4.69) is 46.2 Å². The molecular weight excluding hydrogens is 450 g/mol. The number of carbonyl (C=O) groups is 3. The molecule has 4 N–H and O–H groups in total. The molecule has 2 heterocycles. The number of aromatic amines is 1. The van der Waals surface area contributed by atoms with Crippen LogP contribution < -0.4 is 11.1 Å². The molecule has 1 aromatic heterocycles. The van der Waals surface area contributed by atoms with Crippen molar-refractivity contribution in [3.63, 3.8) is 0 Å². The highest BCUT2D eigenvalue weighted by Crippen LogP contribution is 2.45. The number of nitrogens with one attached hydrogen (secondary N) is 2. The summed E-state index contributed by atoms with van der Waals surface area (Å²) in [5.41, 5.74) is 9.11. The Labute approximate surface area is 204 Å². The third kappa shape index (κ3) is 4.78. The zero-order valence-corrected chi connectivity index (χ0v) is 20.4. The van der Waals surface area contributed by atoms with Gasteiger partial charge in [-0.15, -0.1) is 18.3 Å². The Balaban J connectivity index is 1.60. The van der Waals surface area contributed by atoms with E-state index in [0.29, 0.717) is 26.1 Å². The van der Waals surface area contributed by atoms with Gasteiger partial charge in [0, 0.05) is 48.7 Å². The van der Waals surface area contributed by atoms with Crippen molar-refractivity contribution in [1.29, 1.82) is 0 Å². The number of ketones is 1. The lowest BCUT2D eigenvalue weighted by Gasteiger charge is -2.47. The maximum Gasteiger partial charge on any atom is 0.324 e. The molecule has 3 atom stereocenters. The van der Waals surface area contributed by atoms with Gasteiger partial charge in [-0.2, -0.15) is 0 Å². The number of H-pyrrole nitrogens is 1. The predicted molar refractivity (Wildman–Crippen MR) is 136 cm³/mol. The van der Waals surface area contributed by atoms with Crippen LogP contribution in [0.2, 0.25) is 0 Å². The minimum Gasteiger partial charge on any atom is -0.361 e. The Morgan fingerprint density at radius 3 is 2.94 bits per heavy atom. The number of Topliss-reactive ketones (excluding diaryl/α,β-unsaturated/α-hetero) is 1. The smallest absolute Gasteiger partial charge is 0.324 e. The number of fused-ring (bicyclic) bond motifs is 2. The maximum atomic E-state index is 13.7. The molecule has 0 unspecified atom stereocenters. The Bertz CT molecular complexity index is 1080. The first-order chi connectivity index (χ1) is 16.5. The largest absolute Gasteiger partial charge is 0.361 e. The second-order valence-corrected chi connectivity index (χ2v) is 9.91. The molecule has 1 fully saturated rings. The molecule has 1 aliphatic heterocycles. The molecule has 1 aromatic carbocycles. The van der Waals surface area contributed by atoms with E-state index >= 15 is 0 Å². The third-order valence-corrected chi connectivity index (χ3v) is 7.81. The molecule has 0 bridgehead atoms. The number of likely N-dealkylation sites (tertiary alicyclic amines) is 1. The highest BCUT2D eigenvalue weighted by Gasteiger charge is 2.44. The van der Waals surface area contributed by atoms with E-state index < -0.39 is 6.03 Å². The van der Waals surface area contributed by atoms with E-state index in [-0.39, 0.29) is 47.7 Å². The van der Waals surface area contributed by atoms with Gasteiger partial charge in [0.1, 0.15) is 0 Å². The van der Waals surface area contributed by atoms with Crippen molar-refractivity contribution in [3.05, 3.63) is 48.2 Å². The van der Waals surface area contributed by atoms with Crippen LogP contribution in [0.3, 0.4) is 0 Å². The summed E-state index contributed by atoms with van der Waals surface area (Å²) in [6.07, 6.45) is 5.59. The van der Waals surface area contributed by atoms with Gasteiger partial charge in [-0.05, 0) is 37.0 Å². The van der Waals surface area contributed by atoms with E-state index in [0.717, 1.165) is 11.9 Å². The molecular formula is C25H33N5O3S. The summed E-state index contributed by atoms with van der Waals surface area (Å²) < 4.78 is 0. The second kappa shape index (κ2) is 10.8. The molecule has 9 heteroatoms. The number of amides is 3. The number of rotatable bonds is 9. The van der Waals surface area contributed by atoms with E-state index in [4.69, 9.17) is 5.73 Å². The lowest BCUT2D eigenvalue weighted by molar-refractivity contribution is -0.134. The minimum absolute atomic E-state index is 0.0446. The van der Waals surface area contributed by atoms with Gasteiger partial charge in [0.15, 0.2) is 5.78 Å². The number of hydrogen-bond donors (Lipinski definition) is 3. The molecule has 2 aliphatic rings. The van der Waals surface area contributed by atoms with Crippen molar-refractivity contribution in [1.82, 2.24) is 20.1 Å². The van der Waals surface area contributed by atoms with E-state index in [1.807, 2.05) is 13.0 Å². The molecule has 0 saturated carbocycles. The second-order valence-electron chi connectivity index (χ2n) is 8.96. The minimum atomic E-state index is -0.420. The summed E-state index contributed by atoms with van der Waals surface area (Å²) >= 11 is 1.24. The van der Waals surface area contributed by atoms with Crippen LogP contribution >= 0.6 is 11.8 Å². The Kier molecular flexibility index (Phi) is 7.75. The van der Waals surface area contributed by atoms with Gasteiger partial charge in [-0.25, -0.2) is 4.79 Å². The van der Waals surface area contributed by atoms with Crippen LogP contribution in [0, 0.1) is 5.92 Å². The van der Waals surface area contributed by atoms with Crippen molar-refractivity contribution in [2.75, 3.05) is 37.8 Å². The summed E-state index contributed by atoms with van der Waals surface area (Å²) in [6.45, 7) is 7.39. The SMILES string of the molecule is C=CCN1C[C@H](C(=O)N(CSCC(=O)CN)C(=O)NCC)C[C@@H]2c3cccc4[nH]cc(c34)C[C@H]21. The molecule has 1 aliphatic carbocycles. The number of imide groups is 1. The predicted octanol–water partition coefficient (Wildman–Crippen LogP) is 2.46. The Morgan fingerprint density at radius 1 is 1.38 bits per heavy atom. The van der Waals surface area contributed by atoms with Crippen molar-refractivity contribution in [2.45, 2.75) is 31.7 Å². The molecule has 34 heavy (non-hydrogen) atoms. The number of aromatic nitrogens is 1. The van der Waals surface area contributed by atoms with Crippen molar-refractivity contribution < 1.29 is 14.4 Å². The first kappa shape index (κ1) is 24.5. The number of urea groups is 1. The number of nitrogens with two attached hydrogens (primary N) is 1. The van der Waals surface area contributed by atoms with Crippen LogP contribution in [0.4, 0.5) is 4.79 Å². The van der Waals surface area contributed by atoms with E-state index in [1.165, 1.54) is 33.2 Å². The highest BCUT2D eigenvalue weighted by molar-refractivity contribution is 7.99. The number of nitrogens with zero attached hydrogens (tertiary/aromatic N) is 2. The molecule has 1 saturated heterocycles. The van der Waals surface area contributed by atoms with Crippen LogP contribution in [0.25, 0.3) is 10.9 Å². The van der Waals surface area contributed by atoms with Gasteiger partial charge in [-0.3, -0.25) is 19.4 Å². The van der Waals surface area contributed by atoms with Crippen LogP contribution in [-0.4, -0.2) is 76.4 Å². The zero-order valence-electron chi connectivity index (χ0n) is 19.6. The first-order valence-electron chi connectivity index (χ1n) is 11.8. The Morgan fingerprint density at radius 2 is 2.21 bits per heavy atom. The average Bonchev–Trinajstić information content (AvgIpc) is 3.26. The zero-order chi connectivity index (χ0) is 24.2. The van der Waals surface area contributed by atoms with Crippen molar-refractivity contribution >= 4 is 40.4 Å². The van der Waals surface area contributed by atoms with Crippen molar-refractivity contribution in [3.8, 4) is 0 Å². The monoisotopic (exact) mass is 483 g/mol. The maximum absolute atomic E-state index is 13.7. The fraction of sp³-hybridized carbons (Fsp3) is 0.480. The highest BCUT2D eigenvalue weighted by atomic mass is 32.2. The van der Waals surface area contributed by atoms with Crippen LogP contribution in [0.15, 0.2) is 37.1 Å². The van der Waals surface area contributed by atoms with E-state index in [9.17, 15) is 14.4 Å². The lowest BCUT2D eigenvalue weighted by Crippen LogP contribution is -2.55. The molecule has 4 rings (SSSR count). The summed E-state index contributed by atoms with van der Waals surface area (Å²) in [7, 11) is 0. The molecule has 8 nitrogen and oxygen atoms in total. The van der Waals surface area contributed by atoms with Gasteiger partial charge in [0.05, 0.1) is 24.1 Å². The molecule has 182 valence electrons. The molecule has 0 radical (unpaired) electrons. The normalized spacial score (nSPS) is 21.6. The van der Waals surface area contributed by atoms with Crippen molar-refractivity contribution in [2.24, 2.45) is 11.7 Å². The summed E-state index contributed by atoms with van der Waals surface area (Å²) in [6, 6.07) is 6.19. The first-order valence-corrected chi connectivity index (χ1v) is 13.0. The standard InChI is InChI=1S/C25H33N5O3S/c1-3-8-29-13-17(24(32)30(25(33)27-4-2)15-34-14-18(31)11-26)9-20-19-6-5-7-21-23(19)16(12-28-21)10-22(20)29/h3,5-7,12,17,20,22,28H,1,4,8-11,13-15,26H2,2H3,(H,27,33)/t17-,20-,22-/m1/s1. The third-order valence-electron chi connectivity index (χ3n) is 6.84. The summed E-state index contributed by atoms with van der Waals surface area (Å²) in [4.78, 5) is 45.1. The van der Waals surface area contributed by atoms with Gasteiger partial charge >= 0.3 is 6.03 Å². The fourth-order valence-electron chi connectivity index (χ4n) is 5.35. The fourth-order valence-corrected chi connectivity index (χ4v) is 6.22. The summed E-state index contributed by atoms with van der Waals surface area (Å²) in [5, 5.41) is 4.02. The van der Waals surface area contributed by atoms with Crippen LogP contribution in [-0.2, 0) is 16.0 Å². The van der Waals surface area contributed by atoms with E-state index in [1.54, 1.807) is 0 Å². The number of benzene rings is 1. The number of hydrogen-bond acceptors (Lipinski definition) is 6. The summed E-state index contributed by atoms with van der Waals surface area (Å²) in [5.74, 6) is -0.139. The van der Waals surface area contributed by atoms with Crippen LogP contribution in [0.5, 0.6) is 0 Å². The number of carbonyl (C=O) groups excluding carboxylic acids is 3. The molecule has 3 amide bonds. The quantitative estimate of drug-likeness (QED) is 0.373. The topological polar surface area (TPSA) is 112 Å². The number of thioether (sulfide) groups is 1. The number of piperidine rings is 1. The van der Waals surface area contributed by atoms with Gasteiger partial charge in [-0.1, -0.05) is 18.2 Å². The molecule has 0 spiro atoms. The van der Waals surface area contributed by atoms with Gasteiger partial charge < -0.3 is 16.0 Å². The Hall–Kier alpha value is -2.62. The van der Waals surface area contributed by atoms with Gasteiger partial charge in [0.2, 0.25) is 5.91 Å².